The van der Waals surface area contributed by atoms with Gasteiger partial charge in [0.15, 0.2) is 0 Å². The van der Waals surface area contributed by atoms with Gasteiger partial charge in [0.2, 0.25) is 0 Å². The van der Waals surface area contributed by atoms with Crippen LogP contribution in [0.1, 0.15) is 59.8 Å². The van der Waals surface area contributed by atoms with Crippen LogP contribution < -0.4 is 0 Å². The van der Waals surface area contributed by atoms with Gasteiger partial charge in [0.25, 0.3) is 0 Å². The summed E-state index contributed by atoms with van der Waals surface area (Å²) in [6, 6.07) is 0.727. The molecule has 1 fully saturated rings. The number of hydrogen-bond donors (Lipinski definition) is 0. The second-order valence-corrected chi connectivity index (χ2v) is 6.85. The molecule has 0 aromatic heterocycles. The van der Waals surface area contributed by atoms with Crippen molar-refractivity contribution in [2.45, 2.75) is 65.8 Å². The quantitative estimate of drug-likeness (QED) is 0.715. The summed E-state index contributed by atoms with van der Waals surface area (Å²) in [5, 5.41) is 0. The molecule has 0 N–H and O–H groups in total. The summed E-state index contributed by atoms with van der Waals surface area (Å²) in [6.45, 7) is 9.77. The molecular formula is C15H32ClN. The molecule has 1 nitrogen and oxygen atoms in total. The van der Waals surface area contributed by atoms with Crippen LogP contribution in [0.5, 0.6) is 0 Å². The molecule has 0 aromatic carbocycles. The van der Waals surface area contributed by atoms with Crippen molar-refractivity contribution in [3.63, 3.8) is 0 Å². The van der Waals surface area contributed by atoms with E-state index in [0.717, 1.165) is 17.9 Å². The molecular weight excluding hydrogens is 230 g/mol. The van der Waals surface area contributed by atoms with E-state index < -0.39 is 0 Å². The summed E-state index contributed by atoms with van der Waals surface area (Å²) in [7, 11) is 4.39. The fraction of sp³-hybridized carbons (Fsp3) is 1.00. The van der Waals surface area contributed by atoms with Crippen LogP contribution in [0.3, 0.4) is 0 Å². The topological polar surface area (TPSA) is 3.24 Å². The molecule has 0 radical (unpaired) electrons. The summed E-state index contributed by atoms with van der Waals surface area (Å²) < 4.78 is 0. The van der Waals surface area contributed by atoms with Gasteiger partial charge < -0.3 is 4.90 Å². The van der Waals surface area contributed by atoms with Crippen molar-refractivity contribution in [2.24, 2.45) is 17.3 Å². The van der Waals surface area contributed by atoms with Gasteiger partial charge in [-0.2, -0.15) is 0 Å². The molecule has 0 aromatic rings. The molecule has 0 amide bonds. The summed E-state index contributed by atoms with van der Waals surface area (Å²) in [4.78, 5) is 2.35. The van der Waals surface area contributed by atoms with Crippen molar-refractivity contribution < 1.29 is 0 Å². The third-order valence-electron chi connectivity index (χ3n) is 4.95. The monoisotopic (exact) mass is 261 g/mol. The Morgan fingerprint density at radius 3 is 2.35 bits per heavy atom. The SMILES string of the molecule is CC1CCCC(C)(C)C1CCC(C)N(C)C.Cl. The molecule has 0 bridgehead atoms. The number of rotatable bonds is 4. The molecule has 17 heavy (non-hydrogen) atoms. The summed E-state index contributed by atoms with van der Waals surface area (Å²) in [5.74, 6) is 1.86. The van der Waals surface area contributed by atoms with Crippen molar-refractivity contribution in [3.8, 4) is 0 Å². The first kappa shape index (κ1) is 17.2. The van der Waals surface area contributed by atoms with E-state index in [-0.39, 0.29) is 12.4 Å². The van der Waals surface area contributed by atoms with Crippen molar-refractivity contribution in [2.75, 3.05) is 14.1 Å². The van der Waals surface area contributed by atoms with Gasteiger partial charge in [-0.25, -0.2) is 0 Å². The maximum Gasteiger partial charge on any atom is 0.00609 e. The Bertz CT molecular complexity index is 213. The third-order valence-corrected chi connectivity index (χ3v) is 4.95. The second-order valence-electron chi connectivity index (χ2n) is 6.85. The van der Waals surface area contributed by atoms with E-state index in [4.69, 9.17) is 0 Å². The molecule has 0 spiro atoms. The molecule has 1 aliphatic rings. The lowest BCUT2D eigenvalue weighted by Gasteiger charge is -2.43. The summed E-state index contributed by atoms with van der Waals surface area (Å²) in [6.07, 6.45) is 7.08. The maximum atomic E-state index is 2.48. The minimum Gasteiger partial charge on any atom is -0.307 e. The molecule has 1 rings (SSSR count). The molecule has 1 saturated carbocycles. The van der Waals surface area contributed by atoms with Crippen LogP contribution in [-0.4, -0.2) is 25.0 Å². The lowest BCUT2D eigenvalue weighted by Crippen LogP contribution is -2.35. The molecule has 0 aliphatic heterocycles. The minimum absolute atomic E-state index is 0. The third kappa shape index (κ3) is 4.79. The first-order valence-electron chi connectivity index (χ1n) is 7.01. The van der Waals surface area contributed by atoms with Gasteiger partial charge in [-0.05, 0) is 57.5 Å². The predicted molar refractivity (Wildman–Crippen MR) is 79.9 cm³/mol. The van der Waals surface area contributed by atoms with Gasteiger partial charge in [0, 0.05) is 6.04 Å². The molecule has 1 aliphatic carbocycles. The standard InChI is InChI=1S/C15H31N.ClH/c1-12-8-7-11-15(3,4)14(12)10-9-13(2)16(5)6;/h12-14H,7-11H2,1-6H3;1H. The Kier molecular flexibility index (Phi) is 7.09. The van der Waals surface area contributed by atoms with E-state index in [1.165, 1.54) is 32.1 Å². The van der Waals surface area contributed by atoms with Gasteiger partial charge in [0.1, 0.15) is 0 Å². The zero-order valence-corrected chi connectivity index (χ0v) is 13.4. The lowest BCUT2D eigenvalue weighted by atomic mass is 9.62. The molecule has 104 valence electrons. The zero-order valence-electron chi connectivity index (χ0n) is 12.6. The summed E-state index contributed by atoms with van der Waals surface area (Å²) in [5.41, 5.74) is 0.573. The smallest absolute Gasteiger partial charge is 0.00609 e. The van der Waals surface area contributed by atoms with Crippen molar-refractivity contribution >= 4 is 12.4 Å². The average molecular weight is 262 g/mol. The van der Waals surface area contributed by atoms with E-state index in [2.05, 4.69) is 46.7 Å². The van der Waals surface area contributed by atoms with Crippen LogP contribution in [-0.2, 0) is 0 Å². The first-order valence-corrected chi connectivity index (χ1v) is 7.01. The zero-order chi connectivity index (χ0) is 12.3. The Morgan fingerprint density at radius 1 is 1.29 bits per heavy atom. The highest BCUT2D eigenvalue weighted by molar-refractivity contribution is 5.85. The second kappa shape index (κ2) is 6.99. The highest BCUT2D eigenvalue weighted by Gasteiger charge is 2.36. The number of halogens is 1. The molecule has 0 heterocycles. The van der Waals surface area contributed by atoms with Crippen LogP contribution in [0.15, 0.2) is 0 Å². The lowest BCUT2D eigenvalue weighted by molar-refractivity contribution is 0.0688. The van der Waals surface area contributed by atoms with Gasteiger partial charge in [-0.1, -0.05) is 33.6 Å². The fourth-order valence-corrected chi connectivity index (χ4v) is 3.39. The molecule has 2 heteroatoms. The van der Waals surface area contributed by atoms with Crippen LogP contribution in [0, 0.1) is 17.3 Å². The van der Waals surface area contributed by atoms with Gasteiger partial charge in [0.05, 0.1) is 0 Å². The van der Waals surface area contributed by atoms with Crippen molar-refractivity contribution in [1.82, 2.24) is 4.90 Å². The predicted octanol–water partition coefficient (Wildman–Crippen LogP) is 4.60. The van der Waals surface area contributed by atoms with E-state index in [1.54, 1.807) is 0 Å². The number of hydrogen-bond acceptors (Lipinski definition) is 1. The Labute approximate surface area is 115 Å². The van der Waals surface area contributed by atoms with Crippen LogP contribution in [0.4, 0.5) is 0 Å². The normalized spacial score (nSPS) is 29.8. The molecule has 3 atom stereocenters. The van der Waals surface area contributed by atoms with Gasteiger partial charge in [-0.3, -0.25) is 0 Å². The average Bonchev–Trinajstić information content (AvgIpc) is 2.15. The van der Waals surface area contributed by atoms with E-state index in [0.29, 0.717) is 5.41 Å². The molecule has 3 unspecified atom stereocenters. The van der Waals surface area contributed by atoms with E-state index >= 15 is 0 Å². The van der Waals surface area contributed by atoms with Crippen LogP contribution >= 0.6 is 12.4 Å². The highest BCUT2D eigenvalue weighted by Crippen LogP contribution is 2.46. The summed E-state index contributed by atoms with van der Waals surface area (Å²) >= 11 is 0. The van der Waals surface area contributed by atoms with E-state index in [1.807, 2.05) is 0 Å². The van der Waals surface area contributed by atoms with E-state index in [9.17, 15) is 0 Å². The van der Waals surface area contributed by atoms with Crippen molar-refractivity contribution in [3.05, 3.63) is 0 Å². The van der Waals surface area contributed by atoms with Gasteiger partial charge in [-0.15, -0.1) is 12.4 Å². The van der Waals surface area contributed by atoms with Crippen molar-refractivity contribution in [1.29, 1.82) is 0 Å². The maximum absolute atomic E-state index is 2.48. The Hall–Kier alpha value is 0.250. The largest absolute Gasteiger partial charge is 0.307 e. The highest BCUT2D eigenvalue weighted by atomic mass is 35.5. The fourth-order valence-electron chi connectivity index (χ4n) is 3.39. The Balaban J connectivity index is 0.00000256. The van der Waals surface area contributed by atoms with Crippen LogP contribution in [0.2, 0.25) is 0 Å². The van der Waals surface area contributed by atoms with Gasteiger partial charge >= 0.3 is 0 Å². The number of nitrogens with zero attached hydrogens (tertiary/aromatic N) is 1. The minimum atomic E-state index is 0. The first-order chi connectivity index (χ1) is 7.34. The van der Waals surface area contributed by atoms with Crippen LogP contribution in [0.25, 0.3) is 0 Å². The molecule has 0 saturated heterocycles. The Morgan fingerprint density at radius 2 is 1.88 bits per heavy atom.